The number of thioether (sulfide) groups is 1. The molecule has 0 aliphatic heterocycles. The number of rotatable bonds is 6. The molecular formula is C21H21N3O2S. The smallest absolute Gasteiger partial charge is 0.237 e. The highest BCUT2D eigenvalue weighted by Crippen LogP contribution is 2.28. The molecule has 0 saturated carbocycles. The molecule has 0 spiro atoms. The minimum Gasteiger partial charge on any atom is -0.508 e. The minimum absolute atomic E-state index is 0.118. The fourth-order valence-corrected chi connectivity index (χ4v) is 3.62. The topological polar surface area (TPSA) is 75.1 Å². The molecule has 0 saturated heterocycles. The predicted octanol–water partition coefficient (Wildman–Crippen LogP) is 4.67. The zero-order chi connectivity index (χ0) is 19.2. The van der Waals surface area contributed by atoms with E-state index in [1.165, 1.54) is 17.8 Å². The molecule has 3 rings (SSSR count). The molecule has 27 heavy (non-hydrogen) atoms. The number of carbonyl (C=O) groups is 1. The fraction of sp³-hybridized carbons (Fsp3) is 0.190. The first-order chi connectivity index (χ1) is 13.0. The number of anilines is 1. The minimum atomic E-state index is -0.301. The van der Waals surface area contributed by atoms with Crippen LogP contribution in [0.25, 0.3) is 11.3 Å². The van der Waals surface area contributed by atoms with Crippen LogP contribution in [0.3, 0.4) is 0 Å². The first kappa shape index (κ1) is 18.9. The molecule has 0 aliphatic carbocycles. The molecule has 1 unspecified atom stereocenters. The normalized spacial score (nSPS) is 11.8. The summed E-state index contributed by atoms with van der Waals surface area (Å²) < 4.78 is 0. The number of aryl methyl sites for hydroxylation is 1. The standard InChI is InChI=1S/C21H21N3O2S/c1-3-19(21(26)24-16-10-7-11-17(25)12-16)27-20-13-18(22-14(2)23-20)15-8-5-4-6-9-15/h4-13,19,25H,3H2,1-2H3,(H,24,26). The molecule has 0 radical (unpaired) electrons. The van der Waals surface area contributed by atoms with Crippen LogP contribution in [0.15, 0.2) is 65.7 Å². The van der Waals surface area contributed by atoms with Gasteiger partial charge in [-0.3, -0.25) is 4.79 Å². The summed E-state index contributed by atoms with van der Waals surface area (Å²) in [5.74, 6) is 0.667. The van der Waals surface area contributed by atoms with Gasteiger partial charge in [-0.05, 0) is 31.5 Å². The van der Waals surface area contributed by atoms with Crippen molar-refractivity contribution >= 4 is 23.4 Å². The monoisotopic (exact) mass is 379 g/mol. The lowest BCUT2D eigenvalue weighted by Gasteiger charge is -2.15. The average molecular weight is 379 g/mol. The SMILES string of the molecule is CCC(Sc1cc(-c2ccccc2)nc(C)n1)C(=O)Nc1cccc(O)c1. The summed E-state index contributed by atoms with van der Waals surface area (Å²) in [5.41, 5.74) is 2.43. The Morgan fingerprint density at radius 1 is 1.11 bits per heavy atom. The lowest BCUT2D eigenvalue weighted by Crippen LogP contribution is -2.24. The van der Waals surface area contributed by atoms with Gasteiger partial charge in [-0.25, -0.2) is 9.97 Å². The summed E-state index contributed by atoms with van der Waals surface area (Å²) >= 11 is 1.42. The Balaban J connectivity index is 1.78. The summed E-state index contributed by atoms with van der Waals surface area (Å²) in [4.78, 5) is 21.6. The highest BCUT2D eigenvalue weighted by molar-refractivity contribution is 8.00. The quantitative estimate of drug-likeness (QED) is 0.481. The van der Waals surface area contributed by atoms with Crippen molar-refractivity contribution in [1.29, 1.82) is 0 Å². The van der Waals surface area contributed by atoms with Gasteiger partial charge in [-0.15, -0.1) is 0 Å². The van der Waals surface area contributed by atoms with Crippen LogP contribution in [-0.2, 0) is 4.79 Å². The van der Waals surface area contributed by atoms with E-state index in [0.29, 0.717) is 17.9 Å². The number of phenolic OH excluding ortho intramolecular Hbond substituents is 1. The number of nitrogens with one attached hydrogen (secondary N) is 1. The molecule has 0 bridgehead atoms. The Morgan fingerprint density at radius 3 is 2.59 bits per heavy atom. The van der Waals surface area contributed by atoms with E-state index in [-0.39, 0.29) is 16.9 Å². The zero-order valence-electron chi connectivity index (χ0n) is 15.2. The van der Waals surface area contributed by atoms with Crippen LogP contribution in [0.4, 0.5) is 5.69 Å². The van der Waals surface area contributed by atoms with E-state index >= 15 is 0 Å². The maximum Gasteiger partial charge on any atom is 0.237 e. The fourth-order valence-electron chi connectivity index (χ4n) is 2.63. The molecule has 0 fully saturated rings. The van der Waals surface area contributed by atoms with E-state index in [2.05, 4.69) is 15.3 Å². The molecule has 0 aliphatic rings. The van der Waals surface area contributed by atoms with Gasteiger partial charge in [0.15, 0.2) is 0 Å². The van der Waals surface area contributed by atoms with Gasteiger partial charge in [0.05, 0.1) is 10.9 Å². The predicted molar refractivity (Wildman–Crippen MR) is 109 cm³/mol. The Bertz CT molecular complexity index is 932. The van der Waals surface area contributed by atoms with Crippen molar-refractivity contribution in [3.63, 3.8) is 0 Å². The number of hydrogen-bond donors (Lipinski definition) is 2. The lowest BCUT2D eigenvalue weighted by molar-refractivity contribution is -0.115. The number of phenols is 1. The van der Waals surface area contributed by atoms with Crippen LogP contribution in [0.2, 0.25) is 0 Å². The number of amides is 1. The molecule has 2 aromatic carbocycles. The Labute approximate surface area is 162 Å². The van der Waals surface area contributed by atoms with Gasteiger partial charge in [0, 0.05) is 17.3 Å². The van der Waals surface area contributed by atoms with E-state index in [1.807, 2.05) is 50.2 Å². The van der Waals surface area contributed by atoms with Gasteiger partial charge in [-0.1, -0.05) is 55.1 Å². The van der Waals surface area contributed by atoms with Crippen molar-refractivity contribution in [2.45, 2.75) is 30.5 Å². The molecule has 1 aromatic heterocycles. The van der Waals surface area contributed by atoms with Crippen molar-refractivity contribution in [3.8, 4) is 17.0 Å². The van der Waals surface area contributed by atoms with Crippen LogP contribution in [0.1, 0.15) is 19.2 Å². The molecule has 1 heterocycles. The first-order valence-electron chi connectivity index (χ1n) is 8.73. The van der Waals surface area contributed by atoms with E-state index in [9.17, 15) is 9.90 Å². The van der Waals surface area contributed by atoms with Crippen molar-refractivity contribution in [3.05, 3.63) is 66.5 Å². The molecule has 3 aromatic rings. The lowest BCUT2D eigenvalue weighted by atomic mass is 10.1. The van der Waals surface area contributed by atoms with Gasteiger partial charge < -0.3 is 10.4 Å². The molecule has 1 amide bonds. The van der Waals surface area contributed by atoms with E-state index in [4.69, 9.17) is 0 Å². The molecule has 6 heteroatoms. The molecule has 5 nitrogen and oxygen atoms in total. The second kappa shape index (κ2) is 8.68. The molecular weight excluding hydrogens is 358 g/mol. The molecule has 1 atom stereocenters. The van der Waals surface area contributed by atoms with E-state index < -0.39 is 0 Å². The largest absolute Gasteiger partial charge is 0.508 e. The second-order valence-electron chi connectivity index (χ2n) is 6.06. The van der Waals surface area contributed by atoms with Gasteiger partial charge in [-0.2, -0.15) is 0 Å². The zero-order valence-corrected chi connectivity index (χ0v) is 16.0. The van der Waals surface area contributed by atoms with Crippen molar-refractivity contribution in [1.82, 2.24) is 9.97 Å². The van der Waals surface area contributed by atoms with Gasteiger partial charge in [0.25, 0.3) is 0 Å². The third-order valence-electron chi connectivity index (χ3n) is 3.92. The third-order valence-corrected chi connectivity index (χ3v) is 5.21. The van der Waals surface area contributed by atoms with Crippen LogP contribution in [0.5, 0.6) is 5.75 Å². The van der Waals surface area contributed by atoms with Crippen LogP contribution >= 0.6 is 11.8 Å². The number of aromatic hydroxyl groups is 1. The van der Waals surface area contributed by atoms with Crippen LogP contribution < -0.4 is 5.32 Å². The van der Waals surface area contributed by atoms with Crippen LogP contribution in [0, 0.1) is 6.92 Å². The Morgan fingerprint density at radius 2 is 1.89 bits per heavy atom. The van der Waals surface area contributed by atoms with Gasteiger partial charge >= 0.3 is 0 Å². The van der Waals surface area contributed by atoms with Crippen molar-refractivity contribution < 1.29 is 9.90 Å². The van der Waals surface area contributed by atoms with Gasteiger partial charge in [0.2, 0.25) is 5.91 Å². The van der Waals surface area contributed by atoms with Crippen molar-refractivity contribution in [2.24, 2.45) is 0 Å². The van der Waals surface area contributed by atoms with Crippen LogP contribution in [-0.4, -0.2) is 26.2 Å². The summed E-state index contributed by atoms with van der Waals surface area (Å²) in [6.45, 7) is 3.82. The Hall–Kier alpha value is -2.86. The number of carbonyl (C=O) groups excluding carboxylic acids is 1. The number of hydrogen-bond acceptors (Lipinski definition) is 5. The third kappa shape index (κ3) is 5.08. The maximum absolute atomic E-state index is 12.6. The van der Waals surface area contributed by atoms with Gasteiger partial charge in [0.1, 0.15) is 16.6 Å². The molecule has 138 valence electrons. The Kier molecular flexibility index (Phi) is 6.08. The summed E-state index contributed by atoms with van der Waals surface area (Å²) in [6.07, 6.45) is 0.652. The summed E-state index contributed by atoms with van der Waals surface area (Å²) in [5, 5.41) is 12.9. The maximum atomic E-state index is 12.6. The summed E-state index contributed by atoms with van der Waals surface area (Å²) in [6, 6.07) is 18.4. The highest BCUT2D eigenvalue weighted by atomic mass is 32.2. The average Bonchev–Trinajstić information content (AvgIpc) is 2.66. The van der Waals surface area contributed by atoms with E-state index in [0.717, 1.165) is 16.3 Å². The first-order valence-corrected chi connectivity index (χ1v) is 9.61. The number of aromatic nitrogens is 2. The summed E-state index contributed by atoms with van der Waals surface area (Å²) in [7, 11) is 0. The van der Waals surface area contributed by atoms with E-state index in [1.54, 1.807) is 18.2 Å². The number of nitrogens with zero attached hydrogens (tertiary/aromatic N) is 2. The van der Waals surface area contributed by atoms with Crippen molar-refractivity contribution in [2.75, 3.05) is 5.32 Å². The highest BCUT2D eigenvalue weighted by Gasteiger charge is 2.20. The second-order valence-corrected chi connectivity index (χ2v) is 7.28. The number of benzene rings is 2. The molecule has 2 N–H and O–H groups in total.